The summed E-state index contributed by atoms with van der Waals surface area (Å²) in [6, 6.07) is 5.24. The highest BCUT2D eigenvalue weighted by Crippen LogP contribution is 2.31. The molecule has 1 saturated heterocycles. The van der Waals surface area contributed by atoms with E-state index in [1.807, 2.05) is 0 Å². The molecule has 6 nitrogen and oxygen atoms in total. The zero-order chi connectivity index (χ0) is 20.9. The Morgan fingerprint density at radius 3 is 2.55 bits per heavy atom. The fraction of sp³-hybridized carbons (Fsp3) is 0.211. The number of carbonyl (C=O) groups is 1. The maximum absolute atomic E-state index is 14.4. The van der Waals surface area contributed by atoms with Gasteiger partial charge < -0.3 is 10.0 Å². The molecular formula is C19H13F4N3O3. The van der Waals surface area contributed by atoms with Crippen molar-refractivity contribution < 1.29 is 27.5 Å². The molecule has 1 fully saturated rings. The summed E-state index contributed by atoms with van der Waals surface area (Å²) in [6.45, 7) is -0.526. The van der Waals surface area contributed by atoms with Gasteiger partial charge in [-0.3, -0.25) is 9.36 Å². The SMILES string of the molecule is O=C(O)c1cn(-c2ccc(F)cc2F)c2nc(N3CCC(F)(F)C3)ccc2c1=O. The van der Waals surface area contributed by atoms with Crippen molar-refractivity contribution in [3.8, 4) is 5.69 Å². The number of rotatable bonds is 3. The van der Waals surface area contributed by atoms with Crippen molar-refractivity contribution in [1.29, 1.82) is 0 Å². The molecule has 3 aromatic rings. The normalized spacial score (nSPS) is 15.8. The van der Waals surface area contributed by atoms with Crippen LogP contribution in [0.3, 0.4) is 0 Å². The minimum absolute atomic E-state index is 0.0356. The molecular weight excluding hydrogens is 394 g/mol. The van der Waals surface area contributed by atoms with Crippen molar-refractivity contribution in [2.24, 2.45) is 0 Å². The zero-order valence-corrected chi connectivity index (χ0v) is 14.7. The zero-order valence-electron chi connectivity index (χ0n) is 14.7. The molecule has 0 spiro atoms. The smallest absolute Gasteiger partial charge is 0.341 e. The Hall–Kier alpha value is -3.43. The number of hydrogen-bond acceptors (Lipinski definition) is 4. The number of carboxylic acid groups (broad SMARTS) is 1. The molecule has 1 aromatic carbocycles. The summed E-state index contributed by atoms with van der Waals surface area (Å²) >= 11 is 0. The Morgan fingerprint density at radius 2 is 1.93 bits per heavy atom. The van der Waals surface area contributed by atoms with E-state index in [1.165, 1.54) is 17.0 Å². The molecule has 0 bridgehead atoms. The molecule has 0 radical (unpaired) electrons. The van der Waals surface area contributed by atoms with Crippen LogP contribution in [0, 0.1) is 11.6 Å². The highest BCUT2D eigenvalue weighted by molar-refractivity contribution is 5.92. The lowest BCUT2D eigenvalue weighted by Gasteiger charge is -2.19. The number of carboxylic acids is 1. The molecule has 3 heterocycles. The lowest BCUT2D eigenvalue weighted by molar-refractivity contribution is 0.0256. The Balaban J connectivity index is 1.98. The second-order valence-corrected chi connectivity index (χ2v) is 6.71. The van der Waals surface area contributed by atoms with Crippen molar-refractivity contribution in [2.45, 2.75) is 12.3 Å². The molecule has 10 heteroatoms. The maximum Gasteiger partial charge on any atom is 0.341 e. The largest absolute Gasteiger partial charge is 0.477 e. The number of nitrogens with zero attached hydrogens (tertiary/aromatic N) is 3. The van der Waals surface area contributed by atoms with Gasteiger partial charge in [-0.1, -0.05) is 0 Å². The van der Waals surface area contributed by atoms with Crippen molar-refractivity contribution in [1.82, 2.24) is 9.55 Å². The van der Waals surface area contributed by atoms with Gasteiger partial charge in [0.2, 0.25) is 5.43 Å². The summed E-state index contributed by atoms with van der Waals surface area (Å²) in [4.78, 5) is 29.5. The molecule has 1 aliphatic rings. The molecule has 0 aliphatic carbocycles. The van der Waals surface area contributed by atoms with Crippen LogP contribution in [0.2, 0.25) is 0 Å². The summed E-state index contributed by atoms with van der Waals surface area (Å²) in [5.41, 5.74) is -1.85. The van der Waals surface area contributed by atoms with Crippen molar-refractivity contribution in [3.63, 3.8) is 0 Å². The number of halogens is 4. The van der Waals surface area contributed by atoms with Crippen LogP contribution in [-0.2, 0) is 0 Å². The number of alkyl halides is 2. The fourth-order valence-electron chi connectivity index (χ4n) is 3.31. The predicted molar refractivity (Wildman–Crippen MR) is 96.0 cm³/mol. The van der Waals surface area contributed by atoms with Crippen LogP contribution in [0.1, 0.15) is 16.8 Å². The number of aromatic nitrogens is 2. The van der Waals surface area contributed by atoms with Crippen LogP contribution in [-0.4, -0.2) is 39.6 Å². The number of fused-ring (bicyclic) bond motifs is 1. The van der Waals surface area contributed by atoms with E-state index in [9.17, 15) is 32.3 Å². The van der Waals surface area contributed by atoms with Crippen LogP contribution >= 0.6 is 0 Å². The van der Waals surface area contributed by atoms with E-state index in [0.29, 0.717) is 6.07 Å². The van der Waals surface area contributed by atoms with E-state index in [2.05, 4.69) is 4.98 Å². The average Bonchev–Trinajstić information content (AvgIpc) is 3.02. The van der Waals surface area contributed by atoms with Gasteiger partial charge in [-0.05, 0) is 24.3 Å². The second kappa shape index (κ2) is 6.57. The first kappa shape index (κ1) is 18.9. The standard InChI is InChI=1S/C19H13F4N3O3/c20-10-1-3-14(13(21)7-10)26-8-12(18(28)29)16(27)11-2-4-15(24-17(11)26)25-6-5-19(22,23)9-25/h1-4,7-8H,5-6,9H2,(H,28,29). The van der Waals surface area contributed by atoms with E-state index in [-0.39, 0.29) is 35.5 Å². The third kappa shape index (κ3) is 3.30. The van der Waals surface area contributed by atoms with E-state index < -0.39 is 41.1 Å². The lowest BCUT2D eigenvalue weighted by Crippen LogP contribution is -2.26. The molecule has 0 amide bonds. The molecule has 29 heavy (non-hydrogen) atoms. The third-order valence-corrected chi connectivity index (χ3v) is 4.73. The lowest BCUT2D eigenvalue weighted by atomic mass is 10.1. The quantitative estimate of drug-likeness (QED) is 0.675. The average molecular weight is 407 g/mol. The molecule has 2 aromatic heterocycles. The highest BCUT2D eigenvalue weighted by Gasteiger charge is 2.38. The molecule has 4 rings (SSSR count). The van der Waals surface area contributed by atoms with E-state index >= 15 is 0 Å². The Morgan fingerprint density at radius 1 is 1.17 bits per heavy atom. The summed E-state index contributed by atoms with van der Waals surface area (Å²) < 4.78 is 55.8. The van der Waals surface area contributed by atoms with Crippen LogP contribution in [0.15, 0.2) is 41.3 Å². The topological polar surface area (TPSA) is 75.4 Å². The maximum atomic E-state index is 14.4. The minimum Gasteiger partial charge on any atom is -0.477 e. The number of anilines is 1. The molecule has 0 saturated carbocycles. The van der Waals surface area contributed by atoms with Gasteiger partial charge in [0.25, 0.3) is 5.92 Å². The van der Waals surface area contributed by atoms with Crippen molar-refractivity contribution >= 4 is 22.8 Å². The van der Waals surface area contributed by atoms with Crippen LogP contribution < -0.4 is 10.3 Å². The van der Waals surface area contributed by atoms with Gasteiger partial charge in [0.15, 0.2) is 5.65 Å². The number of aromatic carboxylic acids is 1. The van der Waals surface area contributed by atoms with E-state index in [0.717, 1.165) is 22.9 Å². The summed E-state index contributed by atoms with van der Waals surface area (Å²) in [5, 5.41) is 9.18. The highest BCUT2D eigenvalue weighted by atomic mass is 19.3. The Bertz CT molecular complexity index is 1210. The van der Waals surface area contributed by atoms with Crippen LogP contribution in [0.5, 0.6) is 0 Å². The van der Waals surface area contributed by atoms with Gasteiger partial charge in [0.1, 0.15) is 23.0 Å². The van der Waals surface area contributed by atoms with Crippen molar-refractivity contribution in [3.05, 3.63) is 63.9 Å². The second-order valence-electron chi connectivity index (χ2n) is 6.71. The first-order chi connectivity index (χ1) is 13.7. The van der Waals surface area contributed by atoms with E-state index in [4.69, 9.17) is 0 Å². The van der Waals surface area contributed by atoms with Gasteiger partial charge in [-0.2, -0.15) is 0 Å². The first-order valence-electron chi connectivity index (χ1n) is 8.54. The number of hydrogen-bond donors (Lipinski definition) is 1. The summed E-state index contributed by atoms with van der Waals surface area (Å²) in [6.07, 6.45) is 0.531. The third-order valence-electron chi connectivity index (χ3n) is 4.73. The molecule has 1 N–H and O–H groups in total. The Labute approximate surface area is 160 Å². The predicted octanol–water partition coefficient (Wildman–Crippen LogP) is 3.21. The molecule has 150 valence electrons. The van der Waals surface area contributed by atoms with Crippen LogP contribution in [0.4, 0.5) is 23.4 Å². The summed E-state index contributed by atoms with van der Waals surface area (Å²) in [7, 11) is 0. The first-order valence-corrected chi connectivity index (χ1v) is 8.54. The minimum atomic E-state index is -2.88. The van der Waals surface area contributed by atoms with E-state index in [1.54, 1.807) is 0 Å². The number of pyridine rings is 2. The van der Waals surface area contributed by atoms with Gasteiger partial charge >= 0.3 is 5.97 Å². The van der Waals surface area contributed by atoms with Gasteiger partial charge in [-0.25, -0.2) is 27.3 Å². The fourth-order valence-corrected chi connectivity index (χ4v) is 3.31. The van der Waals surface area contributed by atoms with Gasteiger partial charge in [0, 0.05) is 25.2 Å². The van der Waals surface area contributed by atoms with Gasteiger partial charge in [-0.15, -0.1) is 0 Å². The Kier molecular flexibility index (Phi) is 4.29. The van der Waals surface area contributed by atoms with Gasteiger partial charge in [0.05, 0.1) is 17.6 Å². The van der Waals surface area contributed by atoms with Crippen LogP contribution in [0.25, 0.3) is 16.7 Å². The molecule has 0 unspecified atom stereocenters. The molecule has 0 atom stereocenters. The number of benzene rings is 1. The molecule has 1 aliphatic heterocycles. The monoisotopic (exact) mass is 407 g/mol. The van der Waals surface area contributed by atoms with Crippen molar-refractivity contribution in [2.75, 3.05) is 18.0 Å². The summed E-state index contributed by atoms with van der Waals surface area (Å²) in [5.74, 6) is -6.13.